The van der Waals surface area contributed by atoms with Crippen LogP contribution in [0.25, 0.3) is 17.7 Å². The van der Waals surface area contributed by atoms with Crippen molar-refractivity contribution in [2.75, 3.05) is 13.2 Å². The molecule has 176 valence electrons. The molecule has 0 spiro atoms. The van der Waals surface area contributed by atoms with Crippen LogP contribution in [0.1, 0.15) is 30.5 Å². The third-order valence-corrected chi connectivity index (χ3v) is 4.81. The molecular weight excluding hydrogens is 442 g/mol. The summed E-state index contributed by atoms with van der Waals surface area (Å²) in [6, 6.07) is 25.4. The van der Waals surface area contributed by atoms with Crippen molar-refractivity contribution in [3.63, 3.8) is 0 Å². The first-order valence-electron chi connectivity index (χ1n) is 11.2. The fraction of sp³-hybridized carbons (Fsp3) is 0.138. The van der Waals surface area contributed by atoms with E-state index in [1.54, 1.807) is 38.1 Å². The number of ether oxygens (including phenoxy) is 3. The van der Waals surface area contributed by atoms with E-state index in [0.717, 1.165) is 5.56 Å². The van der Waals surface area contributed by atoms with Crippen LogP contribution in [0.4, 0.5) is 0 Å². The van der Waals surface area contributed by atoms with Crippen molar-refractivity contribution in [1.82, 2.24) is 0 Å². The predicted octanol–water partition coefficient (Wildman–Crippen LogP) is 5.70. The zero-order chi connectivity index (χ0) is 25.0. The molecule has 0 saturated heterocycles. The quantitative estimate of drug-likeness (QED) is 0.132. The highest BCUT2D eigenvalue weighted by molar-refractivity contribution is 6.22. The summed E-state index contributed by atoms with van der Waals surface area (Å²) < 4.78 is 16.3. The van der Waals surface area contributed by atoms with Crippen LogP contribution in [0.3, 0.4) is 0 Å². The van der Waals surface area contributed by atoms with Gasteiger partial charge in [-0.2, -0.15) is 5.26 Å². The van der Waals surface area contributed by atoms with Gasteiger partial charge in [0.1, 0.15) is 11.6 Å². The lowest BCUT2D eigenvalue weighted by Crippen LogP contribution is -2.11. The summed E-state index contributed by atoms with van der Waals surface area (Å²) in [6.45, 7) is 3.96. The first-order valence-corrected chi connectivity index (χ1v) is 11.2. The first-order chi connectivity index (χ1) is 17.0. The number of benzene rings is 3. The van der Waals surface area contributed by atoms with Crippen molar-refractivity contribution in [2.24, 2.45) is 0 Å². The van der Waals surface area contributed by atoms with Gasteiger partial charge in [-0.3, -0.25) is 0 Å². The first kappa shape index (κ1) is 25.0. The maximum atomic E-state index is 13.3. The van der Waals surface area contributed by atoms with Gasteiger partial charge in [0.05, 0.1) is 18.8 Å². The maximum Gasteiger partial charge on any atom is 0.348 e. The Labute approximate surface area is 204 Å². The Morgan fingerprint density at radius 2 is 1.49 bits per heavy atom. The van der Waals surface area contributed by atoms with Crippen molar-refractivity contribution >= 4 is 29.7 Å². The summed E-state index contributed by atoms with van der Waals surface area (Å²) in [6.07, 6.45) is 3.17. The SMILES string of the molecule is CCOC(=O)C(C#N)=Cc1ccc(OC(=O)C(=Cc2ccccc2)c2ccccc2)c(OCC)c1. The highest BCUT2D eigenvalue weighted by Gasteiger charge is 2.18. The summed E-state index contributed by atoms with van der Waals surface area (Å²) in [5.41, 5.74) is 2.35. The number of hydrogen-bond donors (Lipinski definition) is 0. The van der Waals surface area contributed by atoms with E-state index in [-0.39, 0.29) is 17.9 Å². The van der Waals surface area contributed by atoms with Crippen LogP contribution in [-0.2, 0) is 14.3 Å². The van der Waals surface area contributed by atoms with Gasteiger partial charge in [0.25, 0.3) is 0 Å². The third kappa shape index (κ3) is 6.92. The minimum Gasteiger partial charge on any atom is -0.490 e. The molecule has 0 atom stereocenters. The minimum absolute atomic E-state index is 0.142. The maximum absolute atomic E-state index is 13.3. The largest absolute Gasteiger partial charge is 0.490 e. The number of rotatable bonds is 9. The molecule has 0 aliphatic heterocycles. The summed E-state index contributed by atoms with van der Waals surface area (Å²) in [4.78, 5) is 25.2. The fourth-order valence-electron chi connectivity index (χ4n) is 3.23. The lowest BCUT2D eigenvalue weighted by Gasteiger charge is -2.13. The van der Waals surface area contributed by atoms with E-state index in [4.69, 9.17) is 14.2 Å². The minimum atomic E-state index is -0.706. The molecule has 0 fully saturated rings. The van der Waals surface area contributed by atoms with Gasteiger partial charge in [-0.1, -0.05) is 66.7 Å². The summed E-state index contributed by atoms with van der Waals surface area (Å²) >= 11 is 0. The second-order valence-electron chi connectivity index (χ2n) is 7.25. The Morgan fingerprint density at radius 1 is 0.800 bits per heavy atom. The van der Waals surface area contributed by atoms with Crippen LogP contribution < -0.4 is 9.47 Å². The average molecular weight is 468 g/mol. The zero-order valence-corrected chi connectivity index (χ0v) is 19.6. The molecule has 6 heteroatoms. The van der Waals surface area contributed by atoms with Crippen LogP contribution in [0.5, 0.6) is 11.5 Å². The number of carbonyl (C=O) groups excluding carboxylic acids is 2. The molecule has 6 nitrogen and oxygen atoms in total. The Hall–Kier alpha value is -4.63. The molecule has 0 N–H and O–H groups in total. The molecule has 0 bridgehead atoms. The molecule has 0 aliphatic carbocycles. The zero-order valence-electron chi connectivity index (χ0n) is 19.6. The summed E-state index contributed by atoms with van der Waals surface area (Å²) in [7, 11) is 0. The molecule has 0 aliphatic rings. The Kier molecular flexibility index (Phi) is 8.98. The van der Waals surface area contributed by atoms with Crippen LogP contribution in [0.2, 0.25) is 0 Å². The van der Waals surface area contributed by atoms with Crippen LogP contribution >= 0.6 is 0 Å². The van der Waals surface area contributed by atoms with E-state index in [0.29, 0.717) is 29.1 Å². The standard InChI is InChI=1S/C29H25NO5/c1-3-33-27-19-22(17-24(20-30)28(31)34-4-2)15-16-26(27)35-29(32)25(23-13-9-6-10-14-23)18-21-11-7-5-8-12-21/h5-19H,3-4H2,1-2H3. The van der Waals surface area contributed by atoms with Gasteiger partial charge in [0.2, 0.25) is 0 Å². The van der Waals surface area contributed by atoms with Gasteiger partial charge in [-0.05, 0) is 54.8 Å². The highest BCUT2D eigenvalue weighted by atomic mass is 16.6. The number of nitrogens with zero attached hydrogens (tertiary/aromatic N) is 1. The monoisotopic (exact) mass is 467 g/mol. The van der Waals surface area contributed by atoms with Gasteiger partial charge in [-0.15, -0.1) is 0 Å². The van der Waals surface area contributed by atoms with E-state index in [2.05, 4.69) is 0 Å². The van der Waals surface area contributed by atoms with E-state index in [1.165, 1.54) is 6.08 Å². The molecule has 35 heavy (non-hydrogen) atoms. The van der Waals surface area contributed by atoms with E-state index in [9.17, 15) is 14.9 Å². The molecule has 3 aromatic rings. The van der Waals surface area contributed by atoms with Crippen molar-refractivity contribution < 1.29 is 23.8 Å². The molecule has 0 heterocycles. The molecule has 0 amide bonds. The number of esters is 2. The number of carbonyl (C=O) groups is 2. The Balaban J connectivity index is 1.95. The molecule has 0 radical (unpaired) electrons. The van der Waals surface area contributed by atoms with Gasteiger partial charge < -0.3 is 14.2 Å². The number of hydrogen-bond acceptors (Lipinski definition) is 6. The van der Waals surface area contributed by atoms with Crippen molar-refractivity contribution in [2.45, 2.75) is 13.8 Å². The molecule has 0 aromatic heterocycles. The van der Waals surface area contributed by atoms with E-state index >= 15 is 0 Å². The fourth-order valence-corrected chi connectivity index (χ4v) is 3.23. The van der Waals surface area contributed by atoms with Gasteiger partial charge in [0, 0.05) is 0 Å². The number of nitriles is 1. The molecule has 0 saturated carbocycles. The lowest BCUT2D eigenvalue weighted by molar-refractivity contribution is -0.138. The van der Waals surface area contributed by atoms with Crippen molar-refractivity contribution in [3.8, 4) is 17.6 Å². The lowest BCUT2D eigenvalue weighted by atomic mass is 10.0. The smallest absolute Gasteiger partial charge is 0.348 e. The average Bonchev–Trinajstić information content (AvgIpc) is 2.88. The van der Waals surface area contributed by atoms with Crippen LogP contribution in [0, 0.1) is 11.3 Å². The molecule has 0 unspecified atom stereocenters. The van der Waals surface area contributed by atoms with Gasteiger partial charge in [0.15, 0.2) is 11.5 Å². The van der Waals surface area contributed by atoms with Gasteiger partial charge >= 0.3 is 11.9 Å². The highest BCUT2D eigenvalue weighted by Crippen LogP contribution is 2.31. The molecule has 3 aromatic carbocycles. The second kappa shape index (κ2) is 12.6. The summed E-state index contributed by atoms with van der Waals surface area (Å²) in [5.74, 6) is -0.725. The second-order valence-corrected chi connectivity index (χ2v) is 7.25. The van der Waals surface area contributed by atoms with E-state index in [1.807, 2.05) is 66.7 Å². The summed E-state index contributed by atoms with van der Waals surface area (Å²) in [5, 5.41) is 9.30. The van der Waals surface area contributed by atoms with Crippen molar-refractivity contribution in [1.29, 1.82) is 5.26 Å². The predicted molar refractivity (Wildman–Crippen MR) is 134 cm³/mol. The van der Waals surface area contributed by atoms with E-state index < -0.39 is 11.9 Å². The topological polar surface area (TPSA) is 85.6 Å². The Bertz CT molecular complexity index is 1270. The molecular formula is C29H25NO5. The Morgan fingerprint density at radius 3 is 2.11 bits per heavy atom. The van der Waals surface area contributed by atoms with Crippen molar-refractivity contribution in [3.05, 3.63) is 101 Å². The van der Waals surface area contributed by atoms with Gasteiger partial charge in [-0.25, -0.2) is 9.59 Å². The normalized spacial score (nSPS) is 11.3. The van der Waals surface area contributed by atoms with Crippen LogP contribution in [0.15, 0.2) is 84.4 Å². The van der Waals surface area contributed by atoms with Crippen LogP contribution in [-0.4, -0.2) is 25.2 Å². The third-order valence-electron chi connectivity index (χ3n) is 4.81. The molecule has 3 rings (SSSR count).